The van der Waals surface area contributed by atoms with Gasteiger partial charge in [0.1, 0.15) is 8.07 Å². The quantitative estimate of drug-likeness (QED) is 0.161. The summed E-state index contributed by atoms with van der Waals surface area (Å²) in [5.41, 5.74) is 16.5. The molecule has 11 rings (SSSR count). The summed E-state index contributed by atoms with van der Waals surface area (Å²) in [7, 11) is -1.83. The minimum atomic E-state index is -1.83. The summed E-state index contributed by atoms with van der Waals surface area (Å²) >= 11 is 5.89. The largest absolute Gasteiger partial charge is 0.115 e. The maximum atomic E-state index is 2.53. The zero-order valence-corrected chi connectivity index (χ0v) is 34.9. The number of benzene rings is 7. The third kappa shape index (κ3) is 4.49. The topological polar surface area (TPSA) is 0 Å². The lowest BCUT2D eigenvalue weighted by molar-refractivity contribution is 0.659. The van der Waals surface area contributed by atoms with E-state index >= 15 is 0 Å². The molecule has 4 heteroatoms. The van der Waals surface area contributed by atoms with E-state index < -0.39 is 8.07 Å². The van der Waals surface area contributed by atoms with Crippen LogP contribution in [0.25, 0.3) is 44.5 Å². The zero-order valence-electron chi connectivity index (χ0n) is 31.4. The summed E-state index contributed by atoms with van der Waals surface area (Å²) in [6.45, 7) is 14.7. The Morgan fingerprint density at radius 2 is 1.02 bits per heavy atom. The van der Waals surface area contributed by atoms with Crippen LogP contribution in [-0.2, 0) is 10.8 Å². The van der Waals surface area contributed by atoms with E-state index in [1.807, 2.05) is 35.3 Å². The molecule has 0 saturated heterocycles. The van der Waals surface area contributed by atoms with Gasteiger partial charge in [-0.15, -0.1) is 0 Å². The van der Waals surface area contributed by atoms with Crippen molar-refractivity contribution in [1.29, 1.82) is 0 Å². The van der Waals surface area contributed by atoms with Crippen LogP contribution < -0.4 is 10.4 Å². The number of rotatable bonds is 2. The fourth-order valence-electron chi connectivity index (χ4n) is 9.84. The van der Waals surface area contributed by atoms with Crippen molar-refractivity contribution >= 4 is 53.7 Å². The highest BCUT2D eigenvalue weighted by Crippen LogP contribution is 2.60. The summed E-state index contributed by atoms with van der Waals surface area (Å²) < 4.78 is 0. The minimum absolute atomic E-state index is 0.00592. The standard InChI is InChI=1S/C50H40S3Si/c1-49(2)35-17-8-7-15-33(35)44-36(49)23-25-41-47(44)53-46-32(16-12-19-40(46)51-41)31-14-11-13-29(27-31)30-21-22-34-38(28-30)50(3,4)37-24-26-43-48(45(34)37)52-39-18-9-10-20-42(39)54(43,5)6/h7-28H,1-6H3. The summed E-state index contributed by atoms with van der Waals surface area (Å²) in [6.07, 6.45) is 0. The lowest BCUT2D eigenvalue weighted by Crippen LogP contribution is -2.56. The second-order valence-corrected chi connectivity index (χ2v) is 24.4. The van der Waals surface area contributed by atoms with Crippen molar-refractivity contribution in [1.82, 2.24) is 0 Å². The molecule has 0 radical (unpaired) electrons. The average molecular weight is 765 g/mol. The van der Waals surface area contributed by atoms with Crippen molar-refractivity contribution in [3.05, 3.63) is 156 Å². The maximum absolute atomic E-state index is 2.53. The fourth-order valence-corrected chi connectivity index (χ4v) is 18.0. The molecule has 7 aromatic rings. The highest BCUT2D eigenvalue weighted by atomic mass is 32.2. The highest BCUT2D eigenvalue weighted by molar-refractivity contribution is 8.05. The molecule has 0 bridgehead atoms. The van der Waals surface area contributed by atoms with Gasteiger partial charge in [-0.25, -0.2) is 0 Å². The van der Waals surface area contributed by atoms with E-state index in [2.05, 4.69) is 174 Å². The van der Waals surface area contributed by atoms with Crippen molar-refractivity contribution < 1.29 is 0 Å². The molecule has 0 atom stereocenters. The Kier molecular flexibility index (Phi) is 7.02. The number of hydrogen-bond acceptors (Lipinski definition) is 3. The molecule has 0 amide bonds. The summed E-state index contributed by atoms with van der Waals surface area (Å²) in [5.74, 6) is 0. The van der Waals surface area contributed by atoms with Crippen molar-refractivity contribution in [2.75, 3.05) is 0 Å². The van der Waals surface area contributed by atoms with Gasteiger partial charge in [0.05, 0.1) is 0 Å². The lowest BCUT2D eigenvalue weighted by atomic mass is 9.81. The molecule has 0 saturated carbocycles. The molecule has 0 aromatic heterocycles. The number of fused-ring (bicyclic) bond motifs is 12. The summed E-state index contributed by atoms with van der Waals surface area (Å²) in [6, 6.07) is 51.2. The van der Waals surface area contributed by atoms with E-state index in [0.29, 0.717) is 0 Å². The molecule has 262 valence electrons. The van der Waals surface area contributed by atoms with Gasteiger partial charge in [0, 0.05) is 45.8 Å². The van der Waals surface area contributed by atoms with Crippen LogP contribution in [0.4, 0.5) is 0 Å². The normalized spacial score (nSPS) is 16.9. The molecular formula is C50H40S3Si. The predicted molar refractivity (Wildman–Crippen MR) is 234 cm³/mol. The van der Waals surface area contributed by atoms with Crippen LogP contribution in [0.1, 0.15) is 49.9 Å². The van der Waals surface area contributed by atoms with Crippen LogP contribution in [-0.4, -0.2) is 8.07 Å². The second kappa shape index (κ2) is 11.4. The molecule has 2 aliphatic carbocycles. The zero-order chi connectivity index (χ0) is 36.7. The van der Waals surface area contributed by atoms with Crippen LogP contribution in [0.15, 0.2) is 163 Å². The Labute approximate surface area is 332 Å². The molecule has 0 unspecified atom stereocenters. The Bertz CT molecular complexity index is 2790. The maximum Gasteiger partial charge on any atom is 0.115 e. The van der Waals surface area contributed by atoms with E-state index in [0.717, 1.165) is 0 Å². The molecule has 4 aliphatic rings. The van der Waals surface area contributed by atoms with Gasteiger partial charge in [-0.3, -0.25) is 0 Å². The van der Waals surface area contributed by atoms with Crippen molar-refractivity contribution in [2.45, 2.75) is 81.0 Å². The SMILES string of the molecule is CC1(C)c2ccccc2-c2c1ccc1c2Sc2c(cccc2-c2cccc(-c3ccc4c(c3)C(C)(C)c3ccc5c(c3-4)Sc3ccccc3[Si]5(C)C)c2)S1. The van der Waals surface area contributed by atoms with E-state index in [4.69, 9.17) is 0 Å². The van der Waals surface area contributed by atoms with Crippen molar-refractivity contribution in [3.63, 3.8) is 0 Å². The summed E-state index contributed by atoms with van der Waals surface area (Å²) in [5, 5.41) is 3.14. The van der Waals surface area contributed by atoms with Gasteiger partial charge in [-0.05, 0) is 102 Å². The third-order valence-electron chi connectivity index (χ3n) is 12.8. The average Bonchev–Trinajstić information content (AvgIpc) is 3.56. The van der Waals surface area contributed by atoms with E-state index in [1.165, 1.54) is 96.1 Å². The van der Waals surface area contributed by atoms with Crippen LogP contribution in [0.3, 0.4) is 0 Å². The Morgan fingerprint density at radius 3 is 1.89 bits per heavy atom. The van der Waals surface area contributed by atoms with Gasteiger partial charge in [0.25, 0.3) is 0 Å². The molecule has 0 spiro atoms. The van der Waals surface area contributed by atoms with Gasteiger partial charge >= 0.3 is 0 Å². The molecule has 0 fully saturated rings. The molecule has 0 N–H and O–H groups in total. The molecule has 2 aliphatic heterocycles. The molecule has 54 heavy (non-hydrogen) atoms. The van der Waals surface area contributed by atoms with Gasteiger partial charge in [0.15, 0.2) is 0 Å². The smallest absolute Gasteiger partial charge is 0.0897 e. The van der Waals surface area contributed by atoms with Gasteiger partial charge in [-0.2, -0.15) is 0 Å². The first-order chi connectivity index (χ1) is 26.0. The van der Waals surface area contributed by atoms with Gasteiger partial charge in [0.2, 0.25) is 0 Å². The molecule has 0 nitrogen and oxygen atoms in total. The lowest BCUT2D eigenvalue weighted by Gasteiger charge is -2.34. The molecular weight excluding hydrogens is 725 g/mol. The molecule has 7 aromatic carbocycles. The first-order valence-corrected chi connectivity index (χ1v) is 24.5. The van der Waals surface area contributed by atoms with Crippen LogP contribution in [0.2, 0.25) is 13.1 Å². The van der Waals surface area contributed by atoms with Crippen LogP contribution >= 0.6 is 35.3 Å². The monoisotopic (exact) mass is 764 g/mol. The Morgan fingerprint density at radius 1 is 0.389 bits per heavy atom. The van der Waals surface area contributed by atoms with Crippen LogP contribution in [0.5, 0.6) is 0 Å². The third-order valence-corrected chi connectivity index (χ3v) is 20.6. The van der Waals surface area contributed by atoms with E-state index in [1.54, 1.807) is 10.4 Å². The first kappa shape index (κ1) is 33.2. The van der Waals surface area contributed by atoms with E-state index in [9.17, 15) is 0 Å². The first-order valence-electron chi connectivity index (χ1n) is 19.0. The van der Waals surface area contributed by atoms with E-state index in [-0.39, 0.29) is 10.8 Å². The molecule has 2 heterocycles. The highest BCUT2D eigenvalue weighted by Gasteiger charge is 2.43. The number of hydrogen-bond donors (Lipinski definition) is 0. The fraction of sp³-hybridized carbons (Fsp3) is 0.160. The Balaban J connectivity index is 0.991. The predicted octanol–water partition coefficient (Wildman–Crippen LogP) is 13.5. The van der Waals surface area contributed by atoms with Crippen molar-refractivity contribution in [2.24, 2.45) is 0 Å². The van der Waals surface area contributed by atoms with Gasteiger partial charge < -0.3 is 0 Å². The summed E-state index contributed by atoms with van der Waals surface area (Å²) in [4.78, 5) is 8.41. The van der Waals surface area contributed by atoms with Crippen molar-refractivity contribution in [3.8, 4) is 44.5 Å². The van der Waals surface area contributed by atoms with Crippen LogP contribution in [0, 0.1) is 0 Å². The minimum Gasteiger partial charge on any atom is -0.0897 e. The van der Waals surface area contributed by atoms with Gasteiger partial charge in [-0.1, -0.05) is 179 Å². The Hall–Kier alpha value is -4.19. The second-order valence-electron chi connectivity index (χ2n) is 16.9.